The van der Waals surface area contributed by atoms with Crippen molar-refractivity contribution in [1.82, 2.24) is 10.2 Å². The van der Waals surface area contributed by atoms with Gasteiger partial charge in [0.05, 0.1) is 12.1 Å². The van der Waals surface area contributed by atoms with Crippen LogP contribution in [0.5, 0.6) is 0 Å². The maximum absolute atomic E-state index is 12.2. The third-order valence-electron chi connectivity index (χ3n) is 5.86. The predicted molar refractivity (Wildman–Crippen MR) is 129 cm³/mol. The quantitative estimate of drug-likeness (QED) is 0.506. The monoisotopic (exact) mass is 459 g/mol. The Hall–Kier alpha value is -2.12. The first kappa shape index (κ1) is 24.5. The van der Waals surface area contributed by atoms with Crippen LogP contribution in [0, 0.1) is 0 Å². The molecule has 0 unspecified atom stereocenters. The van der Waals surface area contributed by atoms with E-state index >= 15 is 0 Å². The van der Waals surface area contributed by atoms with E-state index in [1.165, 1.54) is 0 Å². The van der Waals surface area contributed by atoms with Crippen molar-refractivity contribution in [3.8, 4) is 0 Å². The predicted octanol–water partition coefficient (Wildman–Crippen LogP) is 4.35. The number of hydrogen-bond acceptors (Lipinski definition) is 5. The molecule has 3 rings (SSSR count). The van der Waals surface area contributed by atoms with Crippen molar-refractivity contribution in [3.63, 3.8) is 0 Å². The number of benzene rings is 2. The van der Waals surface area contributed by atoms with Crippen LogP contribution < -0.4 is 10.2 Å². The van der Waals surface area contributed by atoms with Crippen molar-refractivity contribution < 1.29 is 14.3 Å². The zero-order valence-electron chi connectivity index (χ0n) is 19.2. The molecular formula is C25H34ClN3O3. The summed E-state index contributed by atoms with van der Waals surface area (Å²) in [6, 6.07) is 15.9. The van der Waals surface area contributed by atoms with Gasteiger partial charge in [-0.05, 0) is 54.8 Å². The molecule has 0 aromatic heterocycles. The van der Waals surface area contributed by atoms with Gasteiger partial charge in [-0.15, -0.1) is 0 Å². The highest BCUT2D eigenvalue weighted by molar-refractivity contribution is 6.30. The number of likely N-dealkylation sites (tertiary alicyclic amines) is 1. The van der Waals surface area contributed by atoms with E-state index in [1.807, 2.05) is 49.4 Å². The second kappa shape index (κ2) is 12.2. The van der Waals surface area contributed by atoms with Crippen LogP contribution in [0.1, 0.15) is 41.7 Å². The first-order chi connectivity index (χ1) is 15.5. The van der Waals surface area contributed by atoms with Crippen LogP contribution in [0.3, 0.4) is 0 Å². The third kappa shape index (κ3) is 6.69. The standard InChI is InChI=1S/C25H34ClN3O3/c1-4-13-27-25(30)19-8-10-22(11-9-19)28(2)24(20-6-5-7-21(26)15-20)17-29-14-12-23(16-29)32-18-31-3/h5-11,15,23-24H,4,12-14,16-18H2,1-3H3,(H,27,30)/t23-,24+/m0/s1. The van der Waals surface area contributed by atoms with Crippen molar-refractivity contribution in [2.45, 2.75) is 31.9 Å². The van der Waals surface area contributed by atoms with Gasteiger partial charge in [0, 0.05) is 56.6 Å². The van der Waals surface area contributed by atoms with E-state index < -0.39 is 0 Å². The van der Waals surface area contributed by atoms with E-state index in [9.17, 15) is 4.79 Å². The Labute approximate surface area is 196 Å². The molecule has 1 aliphatic rings. The lowest BCUT2D eigenvalue weighted by molar-refractivity contribution is -0.0671. The number of nitrogens with zero attached hydrogens (tertiary/aromatic N) is 2. The van der Waals surface area contributed by atoms with Gasteiger partial charge in [0.2, 0.25) is 0 Å². The van der Waals surface area contributed by atoms with Crippen molar-refractivity contribution >= 4 is 23.2 Å². The van der Waals surface area contributed by atoms with Gasteiger partial charge in [-0.25, -0.2) is 0 Å². The van der Waals surface area contributed by atoms with Crippen LogP contribution in [-0.2, 0) is 9.47 Å². The smallest absolute Gasteiger partial charge is 0.251 e. The molecule has 174 valence electrons. The van der Waals surface area contributed by atoms with Gasteiger partial charge in [-0.2, -0.15) is 0 Å². The molecule has 6 nitrogen and oxygen atoms in total. The van der Waals surface area contributed by atoms with E-state index in [2.05, 4.69) is 28.2 Å². The molecular weight excluding hydrogens is 426 g/mol. The summed E-state index contributed by atoms with van der Waals surface area (Å²) in [5, 5.41) is 3.65. The highest BCUT2D eigenvalue weighted by Gasteiger charge is 2.28. The molecule has 1 saturated heterocycles. The Morgan fingerprint density at radius 1 is 1.28 bits per heavy atom. The Balaban J connectivity index is 1.75. The molecule has 0 aliphatic carbocycles. The van der Waals surface area contributed by atoms with Gasteiger partial charge in [-0.3, -0.25) is 9.69 Å². The highest BCUT2D eigenvalue weighted by Crippen LogP contribution is 2.30. The molecule has 0 saturated carbocycles. The molecule has 32 heavy (non-hydrogen) atoms. The number of carbonyl (C=O) groups excluding carboxylic acids is 1. The lowest BCUT2D eigenvalue weighted by Crippen LogP contribution is -2.36. The Morgan fingerprint density at radius 2 is 2.06 bits per heavy atom. The van der Waals surface area contributed by atoms with Gasteiger partial charge in [0.25, 0.3) is 5.91 Å². The number of ether oxygens (including phenoxy) is 2. The Bertz CT molecular complexity index is 862. The molecule has 2 aromatic carbocycles. The van der Waals surface area contributed by atoms with E-state index in [4.69, 9.17) is 21.1 Å². The highest BCUT2D eigenvalue weighted by atomic mass is 35.5. The summed E-state index contributed by atoms with van der Waals surface area (Å²) in [7, 11) is 3.74. The first-order valence-electron chi connectivity index (χ1n) is 11.2. The van der Waals surface area contributed by atoms with Crippen molar-refractivity contribution in [2.24, 2.45) is 0 Å². The summed E-state index contributed by atoms with van der Waals surface area (Å²) < 4.78 is 10.8. The summed E-state index contributed by atoms with van der Waals surface area (Å²) in [5.41, 5.74) is 2.88. The zero-order valence-corrected chi connectivity index (χ0v) is 20.0. The number of anilines is 1. The topological polar surface area (TPSA) is 54.0 Å². The molecule has 2 aromatic rings. The molecule has 0 bridgehead atoms. The lowest BCUT2D eigenvalue weighted by atomic mass is 10.0. The fraction of sp³-hybridized carbons (Fsp3) is 0.480. The average molecular weight is 460 g/mol. The third-order valence-corrected chi connectivity index (χ3v) is 6.09. The van der Waals surface area contributed by atoms with Gasteiger partial charge in [0.15, 0.2) is 0 Å². The minimum Gasteiger partial charge on any atom is -0.366 e. The van der Waals surface area contributed by atoms with E-state index in [0.717, 1.165) is 48.7 Å². The molecule has 1 fully saturated rings. The van der Waals surface area contributed by atoms with Crippen molar-refractivity contribution in [3.05, 3.63) is 64.7 Å². The molecule has 1 aliphatic heterocycles. The number of halogens is 1. The Morgan fingerprint density at radius 3 is 2.75 bits per heavy atom. The second-order valence-electron chi connectivity index (χ2n) is 8.23. The van der Waals surface area contributed by atoms with Crippen LogP contribution in [0.4, 0.5) is 5.69 Å². The number of amides is 1. The van der Waals surface area contributed by atoms with Crippen LogP contribution in [0.2, 0.25) is 5.02 Å². The lowest BCUT2D eigenvalue weighted by Gasteiger charge is -2.34. The van der Waals surface area contributed by atoms with Crippen LogP contribution in [0.25, 0.3) is 0 Å². The summed E-state index contributed by atoms with van der Waals surface area (Å²) >= 11 is 6.32. The fourth-order valence-corrected chi connectivity index (χ4v) is 4.24. The minimum atomic E-state index is -0.0355. The van der Waals surface area contributed by atoms with Gasteiger partial charge >= 0.3 is 0 Å². The minimum absolute atomic E-state index is 0.0355. The van der Waals surface area contributed by atoms with Crippen LogP contribution in [-0.4, -0.2) is 64.0 Å². The summed E-state index contributed by atoms with van der Waals surface area (Å²) in [6.45, 7) is 5.76. The fourth-order valence-electron chi connectivity index (χ4n) is 4.04. The van der Waals surface area contributed by atoms with Crippen LogP contribution >= 0.6 is 11.6 Å². The molecule has 7 heteroatoms. The van der Waals surface area contributed by atoms with E-state index in [0.29, 0.717) is 18.9 Å². The largest absolute Gasteiger partial charge is 0.366 e. The molecule has 1 heterocycles. The molecule has 1 N–H and O–H groups in total. The van der Waals surface area contributed by atoms with E-state index in [-0.39, 0.29) is 18.1 Å². The summed E-state index contributed by atoms with van der Waals surface area (Å²) in [5.74, 6) is -0.0355. The molecule has 0 radical (unpaired) electrons. The first-order valence-corrected chi connectivity index (χ1v) is 11.6. The van der Waals surface area contributed by atoms with Gasteiger partial charge in [-0.1, -0.05) is 30.7 Å². The summed E-state index contributed by atoms with van der Waals surface area (Å²) in [4.78, 5) is 16.9. The maximum Gasteiger partial charge on any atom is 0.251 e. The number of likely N-dealkylation sites (N-methyl/N-ethyl adjacent to an activating group) is 1. The number of carbonyl (C=O) groups is 1. The van der Waals surface area contributed by atoms with Gasteiger partial charge in [0.1, 0.15) is 6.79 Å². The molecule has 2 atom stereocenters. The summed E-state index contributed by atoms with van der Waals surface area (Å²) in [6.07, 6.45) is 2.11. The number of nitrogens with one attached hydrogen (secondary N) is 1. The van der Waals surface area contributed by atoms with Crippen molar-refractivity contribution in [2.75, 3.05) is 52.0 Å². The van der Waals surface area contributed by atoms with Crippen LogP contribution in [0.15, 0.2) is 48.5 Å². The number of hydrogen-bond donors (Lipinski definition) is 1. The maximum atomic E-state index is 12.2. The SMILES string of the molecule is CCCNC(=O)c1ccc(N(C)[C@H](CN2CC[C@H](OCOC)C2)c2cccc(Cl)c2)cc1. The van der Waals surface area contributed by atoms with Gasteiger partial charge < -0.3 is 19.7 Å². The average Bonchev–Trinajstić information content (AvgIpc) is 3.26. The zero-order chi connectivity index (χ0) is 22.9. The molecule has 1 amide bonds. The molecule has 0 spiro atoms. The van der Waals surface area contributed by atoms with Crippen molar-refractivity contribution in [1.29, 1.82) is 0 Å². The normalized spacial score (nSPS) is 17.3. The number of rotatable bonds is 11. The second-order valence-corrected chi connectivity index (χ2v) is 8.66. The Kier molecular flexibility index (Phi) is 9.36. The van der Waals surface area contributed by atoms with E-state index in [1.54, 1.807) is 7.11 Å². The number of methoxy groups -OCH3 is 1.